The SMILES string of the molecule is CC(C)(C)OC(=O)NC1(C2C(C(=O)O)C2(C)C)CCC1. The second-order valence-corrected chi connectivity index (χ2v) is 7.75. The second-order valence-electron chi connectivity index (χ2n) is 7.75. The molecule has 0 aromatic rings. The zero-order chi connectivity index (χ0) is 15.3. The minimum atomic E-state index is -0.766. The Balaban J connectivity index is 2.08. The minimum Gasteiger partial charge on any atom is -0.481 e. The Kier molecular flexibility index (Phi) is 3.30. The smallest absolute Gasteiger partial charge is 0.408 e. The number of carboxylic acids is 1. The van der Waals surface area contributed by atoms with E-state index in [1.807, 2.05) is 34.6 Å². The van der Waals surface area contributed by atoms with E-state index in [2.05, 4.69) is 5.32 Å². The van der Waals surface area contributed by atoms with Gasteiger partial charge in [0.05, 0.1) is 5.92 Å². The molecule has 2 fully saturated rings. The largest absolute Gasteiger partial charge is 0.481 e. The molecule has 0 radical (unpaired) electrons. The molecule has 114 valence electrons. The molecule has 2 N–H and O–H groups in total. The molecule has 2 saturated carbocycles. The molecular weight excluding hydrogens is 258 g/mol. The summed E-state index contributed by atoms with van der Waals surface area (Å²) in [7, 11) is 0. The van der Waals surface area contributed by atoms with Gasteiger partial charge in [0, 0.05) is 11.5 Å². The lowest BCUT2D eigenvalue weighted by Crippen LogP contribution is -2.57. The zero-order valence-corrected chi connectivity index (χ0v) is 12.9. The monoisotopic (exact) mass is 283 g/mol. The predicted octanol–water partition coefficient (Wildman–Crippen LogP) is 2.79. The van der Waals surface area contributed by atoms with Crippen molar-refractivity contribution in [2.45, 2.75) is 65.0 Å². The van der Waals surface area contributed by atoms with Crippen LogP contribution in [0.5, 0.6) is 0 Å². The molecule has 0 saturated heterocycles. The number of carbonyl (C=O) groups is 2. The van der Waals surface area contributed by atoms with Crippen molar-refractivity contribution in [3.8, 4) is 0 Å². The number of aliphatic carboxylic acids is 1. The third-order valence-corrected chi connectivity index (χ3v) is 4.68. The average Bonchev–Trinajstić information content (AvgIpc) is 2.73. The van der Waals surface area contributed by atoms with Crippen LogP contribution in [-0.4, -0.2) is 28.3 Å². The van der Waals surface area contributed by atoms with E-state index in [0.717, 1.165) is 19.3 Å². The molecule has 2 aliphatic rings. The first-order valence-corrected chi connectivity index (χ1v) is 7.24. The Bertz CT molecular complexity index is 432. The van der Waals surface area contributed by atoms with Gasteiger partial charge in [0.25, 0.3) is 0 Å². The Labute approximate surface area is 120 Å². The maximum Gasteiger partial charge on any atom is 0.408 e. The van der Waals surface area contributed by atoms with Gasteiger partial charge in [-0.25, -0.2) is 4.79 Å². The van der Waals surface area contributed by atoms with Gasteiger partial charge in [-0.1, -0.05) is 13.8 Å². The topological polar surface area (TPSA) is 75.6 Å². The summed E-state index contributed by atoms with van der Waals surface area (Å²) >= 11 is 0. The number of rotatable bonds is 3. The van der Waals surface area contributed by atoms with E-state index >= 15 is 0 Å². The minimum absolute atomic E-state index is 0.00577. The van der Waals surface area contributed by atoms with Crippen molar-refractivity contribution >= 4 is 12.1 Å². The van der Waals surface area contributed by atoms with E-state index in [4.69, 9.17) is 4.74 Å². The van der Waals surface area contributed by atoms with Crippen molar-refractivity contribution in [2.24, 2.45) is 17.3 Å². The van der Waals surface area contributed by atoms with Crippen molar-refractivity contribution in [3.05, 3.63) is 0 Å². The van der Waals surface area contributed by atoms with Crippen molar-refractivity contribution in [1.29, 1.82) is 0 Å². The van der Waals surface area contributed by atoms with Crippen LogP contribution < -0.4 is 5.32 Å². The average molecular weight is 283 g/mol. The maximum atomic E-state index is 12.0. The van der Waals surface area contributed by atoms with Gasteiger partial charge in [-0.2, -0.15) is 0 Å². The number of amides is 1. The molecule has 1 amide bonds. The lowest BCUT2D eigenvalue weighted by molar-refractivity contribution is -0.139. The molecular formula is C15H25NO4. The third-order valence-electron chi connectivity index (χ3n) is 4.68. The van der Waals surface area contributed by atoms with Crippen LogP contribution in [-0.2, 0) is 9.53 Å². The number of nitrogens with one attached hydrogen (secondary N) is 1. The molecule has 0 bridgehead atoms. The van der Waals surface area contributed by atoms with Gasteiger partial charge in [-0.05, 0) is 45.4 Å². The fraction of sp³-hybridized carbons (Fsp3) is 0.867. The van der Waals surface area contributed by atoms with Gasteiger partial charge < -0.3 is 15.2 Å². The number of ether oxygens (including phenoxy) is 1. The number of carbonyl (C=O) groups excluding carboxylic acids is 1. The molecule has 0 heterocycles. The molecule has 0 spiro atoms. The highest BCUT2D eigenvalue weighted by atomic mass is 16.6. The molecule has 20 heavy (non-hydrogen) atoms. The summed E-state index contributed by atoms with van der Waals surface area (Å²) in [5, 5.41) is 12.3. The molecule has 2 unspecified atom stereocenters. The summed E-state index contributed by atoms with van der Waals surface area (Å²) in [6.07, 6.45) is 2.26. The first kappa shape index (κ1) is 15.1. The summed E-state index contributed by atoms with van der Waals surface area (Å²) in [5.74, 6) is -1.15. The normalized spacial score (nSPS) is 30.1. The number of alkyl carbamates (subject to hydrolysis) is 1. The van der Waals surface area contributed by atoms with Crippen LogP contribution in [0.25, 0.3) is 0 Å². The molecule has 0 aromatic carbocycles. The Morgan fingerprint density at radius 1 is 1.25 bits per heavy atom. The first-order chi connectivity index (χ1) is 9.00. The van der Waals surface area contributed by atoms with Crippen LogP contribution in [0.15, 0.2) is 0 Å². The van der Waals surface area contributed by atoms with E-state index in [1.165, 1.54) is 0 Å². The molecule has 2 rings (SSSR count). The van der Waals surface area contributed by atoms with E-state index in [0.29, 0.717) is 0 Å². The number of hydrogen-bond donors (Lipinski definition) is 2. The van der Waals surface area contributed by atoms with Gasteiger partial charge >= 0.3 is 12.1 Å². The van der Waals surface area contributed by atoms with Crippen LogP contribution in [0.4, 0.5) is 4.79 Å². The van der Waals surface area contributed by atoms with E-state index in [-0.39, 0.29) is 17.3 Å². The lowest BCUT2D eigenvalue weighted by Gasteiger charge is -2.44. The van der Waals surface area contributed by atoms with Crippen LogP contribution in [0.1, 0.15) is 53.9 Å². The summed E-state index contributed by atoms with van der Waals surface area (Å²) in [6, 6.07) is 0. The van der Waals surface area contributed by atoms with Crippen molar-refractivity contribution in [1.82, 2.24) is 5.32 Å². The summed E-state index contributed by atoms with van der Waals surface area (Å²) in [5.41, 5.74) is -1.20. The fourth-order valence-corrected chi connectivity index (χ4v) is 3.71. The molecule has 0 aromatic heterocycles. The zero-order valence-electron chi connectivity index (χ0n) is 12.9. The first-order valence-electron chi connectivity index (χ1n) is 7.24. The van der Waals surface area contributed by atoms with Gasteiger partial charge in [-0.15, -0.1) is 0 Å². The number of hydrogen-bond acceptors (Lipinski definition) is 3. The van der Waals surface area contributed by atoms with Crippen molar-refractivity contribution < 1.29 is 19.4 Å². The van der Waals surface area contributed by atoms with Crippen molar-refractivity contribution in [2.75, 3.05) is 0 Å². The van der Waals surface area contributed by atoms with Crippen LogP contribution >= 0.6 is 0 Å². The quantitative estimate of drug-likeness (QED) is 0.835. The summed E-state index contributed by atoms with van der Waals surface area (Å²) in [6.45, 7) is 9.39. The second kappa shape index (κ2) is 4.37. The number of carboxylic acid groups (broad SMARTS) is 1. The molecule has 5 heteroatoms. The molecule has 2 aliphatic carbocycles. The lowest BCUT2D eigenvalue weighted by atomic mass is 9.71. The van der Waals surface area contributed by atoms with Gasteiger partial charge in [0.15, 0.2) is 0 Å². The van der Waals surface area contributed by atoms with Gasteiger partial charge in [0.2, 0.25) is 0 Å². The highest BCUT2D eigenvalue weighted by Crippen LogP contribution is 2.66. The van der Waals surface area contributed by atoms with Gasteiger partial charge in [0.1, 0.15) is 5.60 Å². The standard InChI is InChI=1S/C15H25NO4/c1-13(2,3)20-12(19)16-15(7-6-8-15)10-9(11(17)18)14(10,4)5/h9-10H,6-8H2,1-5H3,(H,16,19)(H,17,18). The fourth-order valence-electron chi connectivity index (χ4n) is 3.71. The van der Waals surface area contributed by atoms with Crippen LogP contribution in [0.2, 0.25) is 0 Å². The van der Waals surface area contributed by atoms with E-state index in [1.54, 1.807) is 0 Å². The Morgan fingerprint density at radius 3 is 2.10 bits per heavy atom. The summed E-state index contributed by atoms with van der Waals surface area (Å²) in [4.78, 5) is 23.4. The van der Waals surface area contributed by atoms with E-state index in [9.17, 15) is 14.7 Å². The maximum absolute atomic E-state index is 12.0. The highest BCUT2D eigenvalue weighted by molar-refractivity contribution is 5.77. The molecule has 0 aliphatic heterocycles. The van der Waals surface area contributed by atoms with Crippen LogP contribution in [0.3, 0.4) is 0 Å². The Morgan fingerprint density at radius 2 is 1.80 bits per heavy atom. The van der Waals surface area contributed by atoms with Crippen molar-refractivity contribution in [3.63, 3.8) is 0 Å². The summed E-state index contributed by atoms with van der Waals surface area (Å²) < 4.78 is 5.31. The van der Waals surface area contributed by atoms with Crippen LogP contribution in [0, 0.1) is 17.3 Å². The molecule has 2 atom stereocenters. The molecule has 5 nitrogen and oxygen atoms in total. The Hall–Kier alpha value is -1.26. The van der Waals surface area contributed by atoms with Gasteiger partial charge in [-0.3, -0.25) is 4.79 Å². The predicted molar refractivity (Wildman–Crippen MR) is 74.3 cm³/mol. The van der Waals surface area contributed by atoms with E-state index < -0.39 is 23.2 Å². The highest BCUT2D eigenvalue weighted by Gasteiger charge is 2.71. The third kappa shape index (κ3) is 2.50.